The highest BCUT2D eigenvalue weighted by molar-refractivity contribution is 6.44. The Balaban J connectivity index is 3.01. The molecule has 1 unspecified atom stereocenters. The van der Waals surface area contributed by atoms with E-state index in [1.165, 1.54) is 6.92 Å². The van der Waals surface area contributed by atoms with Crippen LogP contribution in [0.2, 0.25) is 10.0 Å². The molecular formula is C11H12Cl2N2O5. The quantitative estimate of drug-likeness (QED) is 0.559. The van der Waals surface area contributed by atoms with Crippen molar-refractivity contribution < 1.29 is 19.9 Å². The average Bonchev–Trinajstić information content (AvgIpc) is 2.38. The number of hydrogen-bond acceptors (Lipinski definition) is 5. The van der Waals surface area contributed by atoms with Crippen LogP contribution in [-0.2, 0) is 0 Å². The molecule has 0 saturated carbocycles. The number of nitrogens with zero attached hydrogens (tertiary/aromatic N) is 1. The molecule has 0 aliphatic carbocycles. The van der Waals surface area contributed by atoms with E-state index in [4.69, 9.17) is 28.3 Å². The van der Waals surface area contributed by atoms with Crippen molar-refractivity contribution in [2.75, 3.05) is 13.2 Å². The van der Waals surface area contributed by atoms with Gasteiger partial charge in [0, 0.05) is 18.7 Å². The molecule has 0 fully saturated rings. The van der Waals surface area contributed by atoms with Crippen molar-refractivity contribution >= 4 is 34.8 Å². The summed E-state index contributed by atoms with van der Waals surface area (Å²) in [5, 5.41) is 31.2. The van der Waals surface area contributed by atoms with Gasteiger partial charge in [-0.2, -0.15) is 0 Å². The molecule has 1 atom stereocenters. The summed E-state index contributed by atoms with van der Waals surface area (Å²) in [6.07, 6.45) is 0. The fourth-order valence-corrected chi connectivity index (χ4v) is 1.68. The third-order valence-corrected chi connectivity index (χ3v) is 3.24. The van der Waals surface area contributed by atoms with E-state index in [2.05, 4.69) is 5.32 Å². The highest BCUT2D eigenvalue weighted by Gasteiger charge is 2.23. The SMILES string of the molecule is CC(O)(CO)CNC(=O)c1cc([N+](=O)[O-])cc(Cl)c1Cl. The molecule has 20 heavy (non-hydrogen) atoms. The number of rotatable bonds is 5. The Morgan fingerprint density at radius 1 is 1.50 bits per heavy atom. The number of nitro benzene ring substituents is 1. The standard InChI is InChI=1S/C11H12Cl2N2O5/c1-11(18,5-16)4-14-10(17)7-2-6(15(19)20)3-8(12)9(7)13/h2-3,16,18H,4-5H2,1H3,(H,14,17). The summed E-state index contributed by atoms with van der Waals surface area (Å²) >= 11 is 11.5. The third-order valence-electron chi connectivity index (χ3n) is 2.44. The maximum atomic E-state index is 11.9. The predicted molar refractivity (Wildman–Crippen MR) is 73.2 cm³/mol. The molecule has 1 aromatic rings. The van der Waals surface area contributed by atoms with E-state index in [9.17, 15) is 20.0 Å². The van der Waals surface area contributed by atoms with Gasteiger partial charge in [0.05, 0.1) is 27.1 Å². The van der Waals surface area contributed by atoms with E-state index in [1.807, 2.05) is 0 Å². The minimum Gasteiger partial charge on any atom is -0.393 e. The first-order valence-corrected chi connectivity index (χ1v) is 6.18. The molecule has 1 aromatic carbocycles. The van der Waals surface area contributed by atoms with Gasteiger partial charge in [-0.15, -0.1) is 0 Å². The van der Waals surface area contributed by atoms with Crippen molar-refractivity contribution in [1.29, 1.82) is 0 Å². The second-order valence-electron chi connectivity index (χ2n) is 4.38. The fraction of sp³-hybridized carbons (Fsp3) is 0.364. The number of amides is 1. The molecule has 110 valence electrons. The molecule has 0 aliphatic rings. The molecule has 0 spiro atoms. The molecule has 0 aromatic heterocycles. The first kappa shape index (κ1) is 16.6. The van der Waals surface area contributed by atoms with Crippen LogP contribution in [0.25, 0.3) is 0 Å². The Labute approximate surface area is 124 Å². The molecule has 1 rings (SSSR count). The van der Waals surface area contributed by atoms with Crippen molar-refractivity contribution in [2.24, 2.45) is 0 Å². The summed E-state index contributed by atoms with van der Waals surface area (Å²) in [5.74, 6) is -0.741. The number of carbonyl (C=O) groups excluding carboxylic acids is 1. The second kappa shape index (κ2) is 6.36. The van der Waals surface area contributed by atoms with Crippen LogP contribution in [0.15, 0.2) is 12.1 Å². The van der Waals surface area contributed by atoms with Gasteiger partial charge >= 0.3 is 0 Å². The van der Waals surface area contributed by atoms with Gasteiger partial charge in [0.15, 0.2) is 0 Å². The first-order valence-electron chi connectivity index (χ1n) is 5.43. The summed E-state index contributed by atoms with van der Waals surface area (Å²) in [6.45, 7) is 0.505. The summed E-state index contributed by atoms with van der Waals surface area (Å²) < 4.78 is 0. The number of nitrogens with one attached hydrogen (secondary N) is 1. The smallest absolute Gasteiger partial charge is 0.271 e. The van der Waals surface area contributed by atoms with Crippen LogP contribution in [0.1, 0.15) is 17.3 Å². The van der Waals surface area contributed by atoms with E-state index < -0.39 is 23.0 Å². The Bertz CT molecular complexity index is 548. The molecule has 0 saturated heterocycles. The zero-order valence-electron chi connectivity index (χ0n) is 10.4. The highest BCUT2D eigenvalue weighted by Crippen LogP contribution is 2.30. The molecule has 0 aliphatic heterocycles. The second-order valence-corrected chi connectivity index (χ2v) is 5.17. The minimum atomic E-state index is -1.51. The molecule has 7 nitrogen and oxygen atoms in total. The number of nitro groups is 1. The topological polar surface area (TPSA) is 113 Å². The number of hydrogen-bond donors (Lipinski definition) is 3. The van der Waals surface area contributed by atoms with Crippen molar-refractivity contribution in [3.63, 3.8) is 0 Å². The Morgan fingerprint density at radius 2 is 2.10 bits per heavy atom. The van der Waals surface area contributed by atoms with Gasteiger partial charge in [-0.05, 0) is 6.92 Å². The fourth-order valence-electron chi connectivity index (χ4n) is 1.27. The number of carbonyl (C=O) groups is 1. The van der Waals surface area contributed by atoms with E-state index in [1.54, 1.807) is 0 Å². The molecule has 0 radical (unpaired) electrons. The Morgan fingerprint density at radius 3 is 2.60 bits per heavy atom. The molecule has 0 heterocycles. The Kier molecular flexibility index (Phi) is 5.29. The largest absolute Gasteiger partial charge is 0.393 e. The van der Waals surface area contributed by atoms with E-state index in [-0.39, 0.29) is 27.8 Å². The van der Waals surface area contributed by atoms with Gasteiger partial charge in [0.2, 0.25) is 0 Å². The van der Waals surface area contributed by atoms with E-state index in [0.29, 0.717) is 0 Å². The lowest BCUT2D eigenvalue weighted by molar-refractivity contribution is -0.384. The summed E-state index contributed by atoms with van der Waals surface area (Å²) in [7, 11) is 0. The van der Waals surface area contributed by atoms with Crippen molar-refractivity contribution in [3.8, 4) is 0 Å². The summed E-state index contributed by atoms with van der Waals surface area (Å²) in [6, 6.07) is 2.02. The number of benzene rings is 1. The van der Waals surface area contributed by atoms with Gasteiger partial charge in [0.1, 0.15) is 5.60 Å². The normalized spacial score (nSPS) is 13.7. The van der Waals surface area contributed by atoms with E-state index >= 15 is 0 Å². The molecule has 1 amide bonds. The maximum Gasteiger partial charge on any atom is 0.271 e. The van der Waals surface area contributed by atoms with Crippen LogP contribution in [0.5, 0.6) is 0 Å². The summed E-state index contributed by atoms with van der Waals surface area (Å²) in [4.78, 5) is 21.9. The average molecular weight is 323 g/mol. The van der Waals surface area contributed by atoms with Crippen LogP contribution < -0.4 is 5.32 Å². The van der Waals surface area contributed by atoms with Crippen molar-refractivity contribution in [1.82, 2.24) is 5.32 Å². The number of aliphatic hydroxyl groups excluding tert-OH is 1. The monoisotopic (exact) mass is 322 g/mol. The number of aliphatic hydroxyl groups is 2. The lowest BCUT2D eigenvalue weighted by Gasteiger charge is -2.20. The number of non-ortho nitro benzene ring substituents is 1. The molecule has 9 heteroatoms. The predicted octanol–water partition coefficient (Wildman–Crippen LogP) is 1.37. The lowest BCUT2D eigenvalue weighted by Crippen LogP contribution is -2.43. The van der Waals surface area contributed by atoms with Gasteiger partial charge in [0.25, 0.3) is 11.6 Å². The van der Waals surface area contributed by atoms with Gasteiger partial charge in [-0.25, -0.2) is 0 Å². The highest BCUT2D eigenvalue weighted by atomic mass is 35.5. The molecular weight excluding hydrogens is 311 g/mol. The first-order chi connectivity index (χ1) is 9.18. The van der Waals surface area contributed by atoms with Crippen molar-refractivity contribution in [3.05, 3.63) is 37.9 Å². The zero-order valence-corrected chi connectivity index (χ0v) is 11.9. The van der Waals surface area contributed by atoms with E-state index in [0.717, 1.165) is 12.1 Å². The third kappa shape index (κ3) is 4.04. The molecule has 0 bridgehead atoms. The van der Waals surface area contributed by atoms with Gasteiger partial charge < -0.3 is 15.5 Å². The van der Waals surface area contributed by atoms with Crippen LogP contribution in [-0.4, -0.2) is 39.8 Å². The van der Waals surface area contributed by atoms with Gasteiger partial charge in [-0.3, -0.25) is 14.9 Å². The van der Waals surface area contributed by atoms with Crippen molar-refractivity contribution in [2.45, 2.75) is 12.5 Å². The zero-order chi connectivity index (χ0) is 15.5. The Hall–Kier alpha value is -1.41. The van der Waals surface area contributed by atoms with Crippen LogP contribution in [0.4, 0.5) is 5.69 Å². The maximum absolute atomic E-state index is 11.9. The van der Waals surface area contributed by atoms with Gasteiger partial charge in [-0.1, -0.05) is 23.2 Å². The molecule has 3 N–H and O–H groups in total. The minimum absolute atomic E-state index is 0.125. The lowest BCUT2D eigenvalue weighted by atomic mass is 10.1. The number of halogens is 2. The van der Waals surface area contributed by atoms with Crippen LogP contribution in [0, 0.1) is 10.1 Å². The van der Waals surface area contributed by atoms with Crippen LogP contribution in [0.3, 0.4) is 0 Å². The summed E-state index contributed by atoms with van der Waals surface area (Å²) in [5.41, 5.74) is -2.06. The van der Waals surface area contributed by atoms with Crippen LogP contribution >= 0.6 is 23.2 Å².